The normalized spacial score (nSPS) is 12.4. The molecule has 20 heavy (non-hydrogen) atoms. The van der Waals surface area contributed by atoms with Gasteiger partial charge in [0.1, 0.15) is 0 Å². The molecule has 0 aliphatic rings. The van der Waals surface area contributed by atoms with Gasteiger partial charge in [-0.25, -0.2) is 0 Å². The minimum Gasteiger partial charge on any atom is -0.493 e. The number of hydrogen-bond acceptors (Lipinski definition) is 3. The first-order valence-corrected chi connectivity index (χ1v) is 7.59. The molecule has 0 radical (unpaired) electrons. The minimum absolute atomic E-state index is 0.691. The summed E-state index contributed by atoms with van der Waals surface area (Å²) in [6.07, 6.45) is 4.98. The minimum atomic E-state index is 0.691. The molecule has 0 heterocycles. The fraction of sp³-hybridized carbons (Fsp3) is 0.647. The van der Waals surface area contributed by atoms with Crippen molar-refractivity contribution in [3.63, 3.8) is 0 Å². The van der Waals surface area contributed by atoms with E-state index < -0.39 is 0 Å². The van der Waals surface area contributed by atoms with E-state index in [0.717, 1.165) is 24.7 Å². The van der Waals surface area contributed by atoms with Crippen LogP contribution in [0, 0.1) is 11.8 Å². The Kier molecular flexibility index (Phi) is 7.27. The third kappa shape index (κ3) is 6.18. The lowest BCUT2D eigenvalue weighted by Gasteiger charge is -2.14. The molecular weight excluding hydrogens is 250 g/mol. The number of nitrogen functional groups attached to an aromatic ring is 1. The van der Waals surface area contributed by atoms with Crippen molar-refractivity contribution in [1.82, 2.24) is 0 Å². The van der Waals surface area contributed by atoms with Crippen molar-refractivity contribution in [3.05, 3.63) is 18.2 Å². The van der Waals surface area contributed by atoms with Gasteiger partial charge in [0.05, 0.1) is 13.7 Å². The van der Waals surface area contributed by atoms with E-state index >= 15 is 0 Å². The summed E-state index contributed by atoms with van der Waals surface area (Å²) >= 11 is 0. The zero-order valence-corrected chi connectivity index (χ0v) is 13.3. The molecule has 0 bridgehead atoms. The molecule has 0 fully saturated rings. The van der Waals surface area contributed by atoms with Crippen LogP contribution < -0.4 is 15.2 Å². The molecule has 1 atom stereocenters. The number of hydrogen-bond donors (Lipinski definition) is 1. The Hall–Kier alpha value is -1.38. The molecule has 1 aromatic carbocycles. The number of methoxy groups -OCH3 is 1. The molecule has 0 spiro atoms. The van der Waals surface area contributed by atoms with Crippen molar-refractivity contribution in [2.45, 2.75) is 46.5 Å². The van der Waals surface area contributed by atoms with E-state index in [9.17, 15) is 0 Å². The highest BCUT2D eigenvalue weighted by atomic mass is 16.5. The third-order valence-electron chi connectivity index (χ3n) is 3.53. The van der Waals surface area contributed by atoms with Gasteiger partial charge in [0.25, 0.3) is 0 Å². The van der Waals surface area contributed by atoms with E-state index in [1.165, 1.54) is 19.3 Å². The van der Waals surface area contributed by atoms with E-state index in [-0.39, 0.29) is 0 Å². The second-order valence-electron chi connectivity index (χ2n) is 5.98. The van der Waals surface area contributed by atoms with Gasteiger partial charge in [0, 0.05) is 11.8 Å². The van der Waals surface area contributed by atoms with Crippen LogP contribution in [-0.2, 0) is 0 Å². The third-order valence-corrected chi connectivity index (χ3v) is 3.53. The van der Waals surface area contributed by atoms with E-state index in [2.05, 4.69) is 20.8 Å². The van der Waals surface area contributed by atoms with Crippen molar-refractivity contribution < 1.29 is 9.47 Å². The van der Waals surface area contributed by atoms with Crippen LogP contribution >= 0.6 is 0 Å². The highest BCUT2D eigenvalue weighted by Crippen LogP contribution is 2.29. The largest absolute Gasteiger partial charge is 0.493 e. The zero-order chi connectivity index (χ0) is 15.0. The average Bonchev–Trinajstić information content (AvgIpc) is 2.39. The van der Waals surface area contributed by atoms with E-state index in [4.69, 9.17) is 15.2 Å². The highest BCUT2D eigenvalue weighted by molar-refractivity contribution is 5.51. The van der Waals surface area contributed by atoms with Gasteiger partial charge in [0.2, 0.25) is 0 Å². The summed E-state index contributed by atoms with van der Waals surface area (Å²) in [6, 6.07) is 5.50. The van der Waals surface area contributed by atoms with Crippen LogP contribution in [0.15, 0.2) is 18.2 Å². The smallest absolute Gasteiger partial charge is 0.162 e. The van der Waals surface area contributed by atoms with Crippen molar-refractivity contribution in [2.75, 3.05) is 19.5 Å². The van der Waals surface area contributed by atoms with Crippen LogP contribution in [0.25, 0.3) is 0 Å². The predicted molar refractivity (Wildman–Crippen MR) is 85.4 cm³/mol. The Morgan fingerprint density at radius 2 is 1.80 bits per heavy atom. The first-order chi connectivity index (χ1) is 9.52. The van der Waals surface area contributed by atoms with Crippen LogP contribution in [0.4, 0.5) is 5.69 Å². The predicted octanol–water partition coefficient (Wildman–Crippen LogP) is 4.51. The van der Waals surface area contributed by atoms with Crippen LogP contribution in [0.5, 0.6) is 11.5 Å². The molecule has 1 rings (SSSR count). The number of nitrogens with two attached hydrogens (primary N) is 1. The fourth-order valence-electron chi connectivity index (χ4n) is 2.19. The maximum atomic E-state index is 5.80. The Balaban J connectivity index is 2.30. The molecule has 0 amide bonds. The zero-order valence-electron chi connectivity index (χ0n) is 13.3. The standard InChI is InChI=1S/C17H29NO2/c1-13(2)6-5-7-14(3)10-11-20-16-9-8-15(18)12-17(16)19-4/h8-9,12-14H,5-7,10-11,18H2,1-4H3. The lowest BCUT2D eigenvalue weighted by atomic mass is 9.98. The van der Waals surface area contributed by atoms with Gasteiger partial charge in [-0.05, 0) is 30.4 Å². The summed E-state index contributed by atoms with van der Waals surface area (Å²) < 4.78 is 11.1. The lowest BCUT2D eigenvalue weighted by Crippen LogP contribution is -2.05. The summed E-state index contributed by atoms with van der Waals surface area (Å²) in [4.78, 5) is 0. The molecular formula is C17H29NO2. The van der Waals surface area contributed by atoms with Crippen LogP contribution in [0.3, 0.4) is 0 Å². The Bertz CT molecular complexity index is 391. The SMILES string of the molecule is COc1cc(N)ccc1OCCC(C)CCCC(C)C. The van der Waals surface area contributed by atoms with Gasteiger partial charge in [0.15, 0.2) is 11.5 Å². The van der Waals surface area contributed by atoms with Crippen molar-refractivity contribution in [2.24, 2.45) is 11.8 Å². The Morgan fingerprint density at radius 1 is 1.05 bits per heavy atom. The van der Waals surface area contributed by atoms with Crippen molar-refractivity contribution in [1.29, 1.82) is 0 Å². The second-order valence-corrected chi connectivity index (χ2v) is 5.98. The lowest BCUT2D eigenvalue weighted by molar-refractivity contribution is 0.262. The number of rotatable bonds is 9. The molecule has 2 N–H and O–H groups in total. The van der Waals surface area contributed by atoms with Gasteiger partial charge in [-0.1, -0.05) is 40.0 Å². The first kappa shape index (κ1) is 16.7. The molecule has 3 nitrogen and oxygen atoms in total. The molecule has 0 saturated carbocycles. The molecule has 0 aromatic heterocycles. The summed E-state index contributed by atoms with van der Waals surface area (Å²) in [7, 11) is 1.64. The number of benzene rings is 1. The molecule has 1 unspecified atom stereocenters. The number of ether oxygens (including phenoxy) is 2. The Morgan fingerprint density at radius 3 is 2.45 bits per heavy atom. The van der Waals surface area contributed by atoms with E-state index in [1.54, 1.807) is 13.2 Å². The van der Waals surface area contributed by atoms with Gasteiger partial charge in [-0.2, -0.15) is 0 Å². The Labute approximate surface area is 123 Å². The maximum Gasteiger partial charge on any atom is 0.162 e. The van der Waals surface area contributed by atoms with E-state index in [0.29, 0.717) is 17.4 Å². The van der Waals surface area contributed by atoms with Crippen molar-refractivity contribution in [3.8, 4) is 11.5 Å². The molecule has 0 saturated heterocycles. The van der Waals surface area contributed by atoms with Gasteiger partial charge in [-0.15, -0.1) is 0 Å². The fourth-order valence-corrected chi connectivity index (χ4v) is 2.19. The molecule has 0 aliphatic carbocycles. The molecule has 3 heteroatoms. The van der Waals surface area contributed by atoms with Crippen LogP contribution in [0.1, 0.15) is 46.5 Å². The van der Waals surface area contributed by atoms with Gasteiger partial charge in [-0.3, -0.25) is 0 Å². The molecule has 0 aliphatic heterocycles. The number of anilines is 1. The van der Waals surface area contributed by atoms with Gasteiger partial charge < -0.3 is 15.2 Å². The second kappa shape index (κ2) is 8.72. The molecule has 114 valence electrons. The maximum absolute atomic E-state index is 5.80. The quantitative estimate of drug-likeness (QED) is 0.676. The summed E-state index contributed by atoms with van der Waals surface area (Å²) in [6.45, 7) is 7.58. The van der Waals surface area contributed by atoms with Gasteiger partial charge >= 0.3 is 0 Å². The highest BCUT2D eigenvalue weighted by Gasteiger charge is 2.07. The molecule has 1 aromatic rings. The van der Waals surface area contributed by atoms with Crippen molar-refractivity contribution >= 4 is 5.69 Å². The summed E-state index contributed by atoms with van der Waals surface area (Å²) in [5.74, 6) is 2.99. The first-order valence-electron chi connectivity index (χ1n) is 7.59. The monoisotopic (exact) mass is 279 g/mol. The van der Waals surface area contributed by atoms with Crippen LogP contribution in [0.2, 0.25) is 0 Å². The average molecular weight is 279 g/mol. The summed E-state index contributed by atoms with van der Waals surface area (Å²) in [5, 5.41) is 0. The van der Waals surface area contributed by atoms with E-state index in [1.807, 2.05) is 12.1 Å². The summed E-state index contributed by atoms with van der Waals surface area (Å²) in [5.41, 5.74) is 6.41. The topological polar surface area (TPSA) is 44.5 Å². The van der Waals surface area contributed by atoms with Crippen LogP contribution in [-0.4, -0.2) is 13.7 Å².